The van der Waals surface area contributed by atoms with Crippen molar-refractivity contribution in [3.05, 3.63) is 233 Å². The summed E-state index contributed by atoms with van der Waals surface area (Å²) in [5.41, 5.74) is 29.8. The molecule has 9 aromatic rings. The number of aryl methyl sites for hydroxylation is 1. The van der Waals surface area contributed by atoms with Crippen LogP contribution >= 0.6 is 0 Å². The van der Waals surface area contributed by atoms with Gasteiger partial charge in [-0.3, -0.25) is 0 Å². The predicted molar refractivity (Wildman–Crippen MR) is 472 cm³/mol. The number of anilines is 3. The molecule has 2 heterocycles. The van der Waals surface area contributed by atoms with Gasteiger partial charge in [-0.15, -0.1) is 0 Å². The summed E-state index contributed by atoms with van der Waals surface area (Å²) >= 11 is 0. The van der Waals surface area contributed by atoms with Gasteiger partial charge in [-0.25, -0.2) is 0 Å². The van der Waals surface area contributed by atoms with Crippen LogP contribution in [0, 0.1) is 10.8 Å². The van der Waals surface area contributed by atoms with Crippen molar-refractivity contribution in [1.29, 1.82) is 0 Å². The Balaban J connectivity index is 0.811. The van der Waals surface area contributed by atoms with E-state index in [4.69, 9.17) is 18.9 Å². The zero-order valence-electron chi connectivity index (χ0n) is 69.5. The lowest BCUT2D eigenvalue weighted by Crippen LogP contribution is -2.45. The summed E-state index contributed by atoms with van der Waals surface area (Å²) in [4.78, 5) is 2.49. The molecular formula is C106H135NO4. The highest BCUT2D eigenvalue weighted by Gasteiger charge is 2.45. The first-order chi connectivity index (χ1) is 54.6. The molecule has 5 nitrogen and oxygen atoms in total. The Hall–Kier alpha value is -7.38. The highest BCUT2D eigenvalue weighted by atomic mass is 16.5. The molecular weight excluding hydrogens is 1350 g/mol. The zero-order chi connectivity index (χ0) is 76.7. The third kappa shape index (κ3) is 19.5. The van der Waals surface area contributed by atoms with Gasteiger partial charge in [0.25, 0.3) is 0 Å². The largest absolute Gasteiger partial charge is 0.380 e. The van der Waals surface area contributed by atoms with Gasteiger partial charge in [0.1, 0.15) is 0 Å². The normalized spacial score (nSPS) is 15.2. The highest BCUT2D eigenvalue weighted by Crippen LogP contribution is 2.58. The lowest BCUT2D eigenvalue weighted by Gasteiger charge is -2.40. The number of hydrogen-bond acceptors (Lipinski definition) is 5. The molecule has 0 N–H and O–H groups in total. The Morgan fingerprint density at radius 1 is 0.270 bits per heavy atom. The molecule has 0 amide bonds. The molecule has 2 aliphatic heterocycles. The van der Waals surface area contributed by atoms with Crippen molar-refractivity contribution in [1.82, 2.24) is 0 Å². The lowest BCUT2D eigenvalue weighted by molar-refractivity contribution is -0.152. The van der Waals surface area contributed by atoms with E-state index in [1.807, 2.05) is 0 Å². The van der Waals surface area contributed by atoms with Gasteiger partial charge in [-0.2, -0.15) is 0 Å². The SMILES string of the molecule is CCCCCCCCC1(CCCCCCCC)c2cc(-c3ccc(COCC4(CC)COC4)cc3)ccc2-c2ccc(-c3ccc(N(c4ccc(CCCC)cc4)c4ccc(-c5ccc6c(c5)C(CCCCCCCC)(CCCCCCCC)c5cc(-c7ccc(COCC8(CC)COC8)cc7)ccc5-6)cc4)cc3)cc21. The van der Waals surface area contributed by atoms with Crippen molar-refractivity contribution in [2.75, 3.05) is 44.5 Å². The van der Waals surface area contributed by atoms with Crippen LogP contribution in [0.3, 0.4) is 0 Å². The van der Waals surface area contributed by atoms with E-state index in [1.54, 1.807) is 22.3 Å². The second-order valence-electron chi connectivity index (χ2n) is 34.5. The van der Waals surface area contributed by atoms with Gasteiger partial charge in [0, 0.05) is 38.7 Å². The van der Waals surface area contributed by atoms with Gasteiger partial charge >= 0.3 is 0 Å². The molecule has 13 rings (SSSR count). The Morgan fingerprint density at radius 3 is 0.793 bits per heavy atom. The van der Waals surface area contributed by atoms with Crippen molar-refractivity contribution in [3.8, 4) is 66.8 Å². The van der Waals surface area contributed by atoms with Crippen LogP contribution in [0.4, 0.5) is 17.1 Å². The van der Waals surface area contributed by atoms with Crippen LogP contribution in [-0.2, 0) is 49.4 Å². The Bertz CT molecular complexity index is 4030. The summed E-state index contributed by atoms with van der Waals surface area (Å²) in [7, 11) is 0. The first-order valence-electron chi connectivity index (χ1n) is 44.8. The Morgan fingerprint density at radius 2 is 0.523 bits per heavy atom. The molecule has 0 unspecified atom stereocenters. The van der Waals surface area contributed by atoms with Gasteiger partial charge in [0.05, 0.1) is 52.9 Å². The fourth-order valence-electron chi connectivity index (χ4n) is 19.0. The molecule has 0 aromatic heterocycles. The fraction of sp³-hybridized carbons (Fsp3) is 0.491. The summed E-state index contributed by atoms with van der Waals surface area (Å²) < 4.78 is 23.9. The summed E-state index contributed by atoms with van der Waals surface area (Å²) in [5.74, 6) is 0. The molecule has 2 fully saturated rings. The average Bonchev–Trinajstić information content (AvgIpc) is 1.57. The van der Waals surface area contributed by atoms with Crippen molar-refractivity contribution in [3.63, 3.8) is 0 Å². The predicted octanol–water partition coefficient (Wildman–Crippen LogP) is 30.6. The summed E-state index contributed by atoms with van der Waals surface area (Å²) in [6.07, 6.45) is 41.5. The van der Waals surface area contributed by atoms with Crippen LogP contribution in [0.25, 0.3) is 66.8 Å². The van der Waals surface area contributed by atoms with Crippen LogP contribution in [0.15, 0.2) is 194 Å². The Labute approximate surface area is 671 Å². The van der Waals surface area contributed by atoms with E-state index < -0.39 is 0 Å². The molecule has 111 heavy (non-hydrogen) atoms. The monoisotopic (exact) mass is 1490 g/mol. The van der Waals surface area contributed by atoms with Crippen LogP contribution in [-0.4, -0.2) is 39.6 Å². The number of ether oxygens (including phenoxy) is 4. The molecule has 0 radical (unpaired) electrons. The third-order valence-corrected chi connectivity index (χ3v) is 26.5. The van der Waals surface area contributed by atoms with E-state index in [2.05, 4.69) is 247 Å². The van der Waals surface area contributed by atoms with E-state index in [-0.39, 0.29) is 21.7 Å². The number of hydrogen-bond donors (Lipinski definition) is 0. The minimum atomic E-state index is -0.0690. The van der Waals surface area contributed by atoms with Crippen molar-refractivity contribution in [2.24, 2.45) is 10.8 Å². The maximum absolute atomic E-state index is 6.34. The van der Waals surface area contributed by atoms with Gasteiger partial charge in [-0.1, -0.05) is 342 Å². The highest BCUT2D eigenvalue weighted by molar-refractivity contribution is 5.89. The van der Waals surface area contributed by atoms with E-state index in [1.165, 1.54) is 282 Å². The van der Waals surface area contributed by atoms with Crippen LogP contribution < -0.4 is 4.90 Å². The number of rotatable bonds is 48. The van der Waals surface area contributed by atoms with Crippen LogP contribution in [0.1, 0.15) is 293 Å². The number of fused-ring (bicyclic) bond motifs is 6. The number of unbranched alkanes of at least 4 members (excludes halogenated alkanes) is 21. The molecule has 2 saturated heterocycles. The molecule has 4 aliphatic rings. The van der Waals surface area contributed by atoms with E-state index in [0.717, 1.165) is 70.3 Å². The first-order valence-corrected chi connectivity index (χ1v) is 44.8. The molecule has 0 bridgehead atoms. The first kappa shape index (κ1) is 81.6. The molecule has 588 valence electrons. The van der Waals surface area contributed by atoms with Crippen molar-refractivity contribution >= 4 is 17.1 Å². The number of benzene rings is 9. The molecule has 5 heteroatoms. The van der Waals surface area contributed by atoms with Gasteiger partial charge in [0.15, 0.2) is 0 Å². The quantitative estimate of drug-likeness (QED) is 0.0356. The Kier molecular flexibility index (Phi) is 29.5. The molecule has 9 aromatic carbocycles. The second kappa shape index (κ2) is 40.1. The third-order valence-electron chi connectivity index (χ3n) is 26.5. The van der Waals surface area contributed by atoms with E-state index in [0.29, 0.717) is 13.2 Å². The number of nitrogens with zero attached hydrogens (tertiary/aromatic N) is 1. The van der Waals surface area contributed by atoms with E-state index >= 15 is 0 Å². The molecule has 0 saturated carbocycles. The van der Waals surface area contributed by atoms with Crippen LogP contribution in [0.2, 0.25) is 0 Å². The van der Waals surface area contributed by atoms with E-state index in [9.17, 15) is 0 Å². The summed E-state index contributed by atoms with van der Waals surface area (Å²) in [6.45, 7) is 22.2. The standard InChI is InChI=1S/C106H135NO4/c1-8-15-20-24-28-32-65-105(66-33-29-25-21-16-9-2)99-69-88(84-43-37-82(38-44-84)73-108-75-103(13-6)77-110-78-103)51-61-95(99)97-63-53-90(71-101(97)105)86-47-57-93(58-48-86)107(92-55-41-81(42-56-92)36-19-12-5)94-59-49-87(50-60-94)91-54-64-98-96-62-52-89(85-45-39-83(40-46-85)74-109-76-104(14-7)79-111-80-104)70-100(96)106(102(98)72-91,67-34-30-26-22-17-10-3)68-35-31-27-23-18-11-4/h37-64,69-72H,8-36,65-68,73-80H2,1-7H3. The molecule has 0 atom stereocenters. The average molecular weight is 1490 g/mol. The summed E-state index contributed by atoms with van der Waals surface area (Å²) in [6, 6.07) is 77.3. The second-order valence-corrected chi connectivity index (χ2v) is 34.5. The minimum absolute atomic E-state index is 0.0690. The van der Waals surface area contributed by atoms with Crippen molar-refractivity contribution in [2.45, 2.75) is 284 Å². The smallest absolute Gasteiger partial charge is 0.0717 e. The lowest BCUT2D eigenvalue weighted by atomic mass is 9.70. The molecule has 0 spiro atoms. The van der Waals surface area contributed by atoms with Crippen molar-refractivity contribution < 1.29 is 18.9 Å². The topological polar surface area (TPSA) is 40.2 Å². The van der Waals surface area contributed by atoms with Gasteiger partial charge in [0.2, 0.25) is 0 Å². The van der Waals surface area contributed by atoms with Gasteiger partial charge in [-0.05, 0) is 218 Å². The minimum Gasteiger partial charge on any atom is -0.380 e. The maximum Gasteiger partial charge on any atom is 0.0717 e. The summed E-state index contributed by atoms with van der Waals surface area (Å²) in [5, 5.41) is 0. The van der Waals surface area contributed by atoms with Gasteiger partial charge < -0.3 is 23.8 Å². The van der Waals surface area contributed by atoms with Crippen LogP contribution in [0.5, 0.6) is 0 Å². The maximum atomic E-state index is 6.34. The fourth-order valence-corrected chi connectivity index (χ4v) is 19.0. The molecule has 2 aliphatic carbocycles. The zero-order valence-corrected chi connectivity index (χ0v) is 69.5.